The van der Waals surface area contributed by atoms with Crippen LogP contribution >= 0.6 is 0 Å². The first-order valence-electron chi connectivity index (χ1n) is 9.20. The summed E-state index contributed by atoms with van der Waals surface area (Å²) in [6.45, 7) is 2.73. The van der Waals surface area contributed by atoms with Crippen molar-refractivity contribution in [3.05, 3.63) is 88.7 Å². The van der Waals surface area contributed by atoms with Crippen molar-refractivity contribution in [2.24, 2.45) is 0 Å². The molecule has 1 atom stereocenters. The smallest absolute Gasteiger partial charge is 0.256 e. The van der Waals surface area contributed by atoms with E-state index < -0.39 is 0 Å². The van der Waals surface area contributed by atoms with Gasteiger partial charge in [-0.2, -0.15) is 0 Å². The molecule has 1 aromatic heterocycles. The molecular weight excluding hydrogens is 334 g/mol. The van der Waals surface area contributed by atoms with E-state index in [0.29, 0.717) is 6.61 Å². The normalized spacial score (nSPS) is 15.5. The molecule has 0 aliphatic carbocycles. The highest BCUT2D eigenvalue weighted by Gasteiger charge is 2.26. The highest BCUT2D eigenvalue weighted by atomic mass is 16.5. The third-order valence-electron chi connectivity index (χ3n) is 5.30. The number of ether oxygens (including phenoxy) is 1. The fourth-order valence-corrected chi connectivity index (χ4v) is 4.07. The molecule has 27 heavy (non-hydrogen) atoms. The Balaban J connectivity index is 1.95. The molecule has 0 bridgehead atoms. The largest absolute Gasteiger partial charge is 0.493 e. The van der Waals surface area contributed by atoms with Gasteiger partial charge in [0.1, 0.15) is 5.75 Å². The van der Waals surface area contributed by atoms with Gasteiger partial charge in [0.25, 0.3) is 5.56 Å². The average molecular weight is 353 g/mol. The molecule has 3 nitrogen and oxygen atoms in total. The van der Waals surface area contributed by atoms with Crippen molar-refractivity contribution in [3.8, 4) is 28.1 Å². The number of hydrogen-bond acceptors (Lipinski definition) is 2. The summed E-state index contributed by atoms with van der Waals surface area (Å²) < 4.78 is 5.78. The molecule has 0 saturated heterocycles. The van der Waals surface area contributed by atoms with Crippen LogP contribution in [0, 0.1) is 0 Å². The molecule has 2 heterocycles. The standard InChI is InChI=1S/C24H19NO2/c1-15-14-27-19-13-12-18-21(16-8-4-2-5-9-16)23(17-10-6-3-7-11-17)25-24(26)22(18)20(15)19/h2-13,15H,14H2,1H3,(H,25,26). The summed E-state index contributed by atoms with van der Waals surface area (Å²) in [6.07, 6.45) is 0. The third-order valence-corrected chi connectivity index (χ3v) is 5.30. The lowest BCUT2D eigenvalue weighted by Crippen LogP contribution is -2.12. The van der Waals surface area contributed by atoms with E-state index in [0.717, 1.165) is 44.5 Å². The van der Waals surface area contributed by atoms with Gasteiger partial charge in [0.15, 0.2) is 0 Å². The van der Waals surface area contributed by atoms with Crippen LogP contribution in [0.5, 0.6) is 5.75 Å². The number of pyridine rings is 1. The number of aromatic amines is 1. The van der Waals surface area contributed by atoms with Gasteiger partial charge < -0.3 is 9.72 Å². The van der Waals surface area contributed by atoms with Gasteiger partial charge in [-0.1, -0.05) is 67.6 Å². The van der Waals surface area contributed by atoms with Crippen LogP contribution in [0.4, 0.5) is 0 Å². The molecule has 0 amide bonds. The van der Waals surface area contributed by atoms with E-state index in [1.165, 1.54) is 0 Å². The second-order valence-corrected chi connectivity index (χ2v) is 7.05. The number of fused-ring (bicyclic) bond motifs is 3. The quantitative estimate of drug-likeness (QED) is 0.527. The Bertz CT molecular complexity index is 1190. The highest BCUT2D eigenvalue weighted by molar-refractivity contribution is 6.04. The van der Waals surface area contributed by atoms with Gasteiger partial charge in [-0.15, -0.1) is 0 Å². The Hall–Kier alpha value is -3.33. The lowest BCUT2D eigenvalue weighted by Gasteiger charge is -2.16. The van der Waals surface area contributed by atoms with Crippen molar-refractivity contribution in [2.75, 3.05) is 6.61 Å². The summed E-state index contributed by atoms with van der Waals surface area (Å²) >= 11 is 0. The van der Waals surface area contributed by atoms with Gasteiger partial charge in [0.05, 0.1) is 17.7 Å². The van der Waals surface area contributed by atoms with Gasteiger partial charge >= 0.3 is 0 Å². The Morgan fingerprint density at radius 1 is 0.889 bits per heavy atom. The minimum Gasteiger partial charge on any atom is -0.493 e. The Morgan fingerprint density at radius 3 is 2.26 bits per heavy atom. The minimum atomic E-state index is -0.0577. The van der Waals surface area contributed by atoms with Crippen LogP contribution in [0.25, 0.3) is 33.2 Å². The Labute approximate surface area is 157 Å². The van der Waals surface area contributed by atoms with Crippen LogP contribution in [0.2, 0.25) is 0 Å². The Kier molecular flexibility index (Phi) is 3.61. The number of rotatable bonds is 2. The summed E-state index contributed by atoms with van der Waals surface area (Å²) in [7, 11) is 0. The van der Waals surface area contributed by atoms with Crippen LogP contribution in [0.15, 0.2) is 77.6 Å². The molecule has 0 spiro atoms. The first kappa shape index (κ1) is 15.9. The van der Waals surface area contributed by atoms with Crippen LogP contribution in [-0.2, 0) is 0 Å². The first-order chi connectivity index (χ1) is 13.2. The summed E-state index contributed by atoms with van der Waals surface area (Å²) in [5, 5.41) is 1.72. The molecular formula is C24H19NO2. The molecule has 0 fully saturated rings. The molecule has 1 unspecified atom stereocenters. The Morgan fingerprint density at radius 2 is 1.56 bits per heavy atom. The number of benzene rings is 3. The van der Waals surface area contributed by atoms with Crippen molar-refractivity contribution < 1.29 is 4.74 Å². The summed E-state index contributed by atoms with van der Waals surface area (Å²) in [6, 6.07) is 24.3. The monoisotopic (exact) mass is 353 g/mol. The lowest BCUT2D eigenvalue weighted by atomic mass is 9.90. The summed E-state index contributed by atoms with van der Waals surface area (Å²) in [5.74, 6) is 1.03. The molecule has 1 N–H and O–H groups in total. The number of H-pyrrole nitrogens is 1. The molecule has 1 aliphatic rings. The molecule has 3 aromatic carbocycles. The predicted molar refractivity (Wildman–Crippen MR) is 109 cm³/mol. The molecule has 0 saturated carbocycles. The molecule has 1 aliphatic heterocycles. The summed E-state index contributed by atoms with van der Waals surface area (Å²) in [5.41, 5.74) is 4.96. The van der Waals surface area contributed by atoms with Crippen LogP contribution in [-0.4, -0.2) is 11.6 Å². The molecule has 132 valence electrons. The molecule has 5 rings (SSSR count). The zero-order valence-electron chi connectivity index (χ0n) is 15.0. The fraction of sp³-hybridized carbons (Fsp3) is 0.125. The maximum Gasteiger partial charge on any atom is 0.256 e. The second kappa shape index (κ2) is 6.13. The van der Waals surface area contributed by atoms with Gasteiger partial charge in [0.2, 0.25) is 0 Å². The molecule has 3 heteroatoms. The zero-order chi connectivity index (χ0) is 18.4. The van der Waals surface area contributed by atoms with E-state index >= 15 is 0 Å². The van der Waals surface area contributed by atoms with E-state index in [4.69, 9.17) is 4.74 Å². The fourth-order valence-electron chi connectivity index (χ4n) is 4.07. The van der Waals surface area contributed by atoms with Gasteiger partial charge in [-0.25, -0.2) is 0 Å². The second-order valence-electron chi connectivity index (χ2n) is 7.05. The van der Waals surface area contributed by atoms with Crippen molar-refractivity contribution in [2.45, 2.75) is 12.8 Å². The maximum atomic E-state index is 13.2. The van der Waals surface area contributed by atoms with E-state index in [2.05, 4.69) is 24.0 Å². The van der Waals surface area contributed by atoms with Crippen LogP contribution < -0.4 is 10.3 Å². The van der Waals surface area contributed by atoms with E-state index in [9.17, 15) is 4.79 Å². The van der Waals surface area contributed by atoms with Gasteiger partial charge in [-0.3, -0.25) is 4.79 Å². The third kappa shape index (κ3) is 2.47. The van der Waals surface area contributed by atoms with E-state index in [-0.39, 0.29) is 11.5 Å². The van der Waals surface area contributed by atoms with Crippen molar-refractivity contribution in [1.29, 1.82) is 0 Å². The minimum absolute atomic E-state index is 0.0577. The van der Waals surface area contributed by atoms with Crippen molar-refractivity contribution in [3.63, 3.8) is 0 Å². The number of aromatic nitrogens is 1. The zero-order valence-corrected chi connectivity index (χ0v) is 15.0. The van der Waals surface area contributed by atoms with E-state index in [1.54, 1.807) is 0 Å². The van der Waals surface area contributed by atoms with Gasteiger partial charge in [-0.05, 0) is 28.6 Å². The van der Waals surface area contributed by atoms with Crippen molar-refractivity contribution >= 4 is 10.8 Å². The van der Waals surface area contributed by atoms with Crippen LogP contribution in [0.1, 0.15) is 18.4 Å². The first-order valence-corrected chi connectivity index (χ1v) is 9.20. The van der Waals surface area contributed by atoms with E-state index in [1.807, 2.05) is 60.7 Å². The molecule has 0 radical (unpaired) electrons. The van der Waals surface area contributed by atoms with Gasteiger partial charge in [0, 0.05) is 17.0 Å². The van der Waals surface area contributed by atoms with Crippen LogP contribution in [0.3, 0.4) is 0 Å². The average Bonchev–Trinajstić information content (AvgIpc) is 3.10. The lowest BCUT2D eigenvalue weighted by molar-refractivity contribution is 0.337. The highest BCUT2D eigenvalue weighted by Crippen LogP contribution is 2.42. The number of hydrogen-bond donors (Lipinski definition) is 1. The number of nitrogens with one attached hydrogen (secondary N) is 1. The predicted octanol–water partition coefficient (Wildman–Crippen LogP) is 5.36. The topological polar surface area (TPSA) is 42.1 Å². The summed E-state index contributed by atoms with van der Waals surface area (Å²) in [4.78, 5) is 16.3. The maximum absolute atomic E-state index is 13.2. The SMILES string of the molecule is CC1COc2ccc3c(-c4ccccc4)c(-c4ccccc4)[nH]c(=O)c3c21. The van der Waals surface area contributed by atoms with Crippen molar-refractivity contribution in [1.82, 2.24) is 4.98 Å². The molecule has 4 aromatic rings.